The van der Waals surface area contributed by atoms with Crippen molar-refractivity contribution >= 4 is 15.7 Å². The van der Waals surface area contributed by atoms with Crippen molar-refractivity contribution in [1.29, 1.82) is 0 Å². The highest BCUT2D eigenvalue weighted by atomic mass is 32.2. The van der Waals surface area contributed by atoms with Gasteiger partial charge < -0.3 is 10.6 Å². The molecule has 1 aromatic carbocycles. The average molecular weight is 300 g/mol. The van der Waals surface area contributed by atoms with Crippen LogP contribution in [0.3, 0.4) is 0 Å². The second-order valence-corrected chi connectivity index (χ2v) is 6.80. The number of carbonyl (C=O) groups is 1. The second kappa shape index (κ2) is 5.88. The van der Waals surface area contributed by atoms with E-state index < -0.39 is 15.7 Å². The first-order valence-corrected chi connectivity index (χ1v) is 8.05. The van der Waals surface area contributed by atoms with Crippen LogP contribution in [0.15, 0.2) is 23.1 Å². The maximum atomic E-state index is 13.3. The van der Waals surface area contributed by atoms with Crippen molar-refractivity contribution in [2.45, 2.75) is 23.8 Å². The normalized spacial score (nSPS) is 20.2. The number of halogens is 1. The van der Waals surface area contributed by atoms with Gasteiger partial charge in [0.05, 0.1) is 10.6 Å². The van der Waals surface area contributed by atoms with Crippen LogP contribution in [0.4, 0.5) is 4.39 Å². The summed E-state index contributed by atoms with van der Waals surface area (Å²) < 4.78 is 37.2. The molecule has 1 atom stereocenters. The first kappa shape index (κ1) is 14.9. The van der Waals surface area contributed by atoms with Crippen LogP contribution in [0, 0.1) is 5.82 Å². The maximum Gasteiger partial charge on any atom is 0.221 e. The molecule has 110 valence electrons. The Morgan fingerprint density at radius 3 is 2.90 bits per heavy atom. The Kier molecular flexibility index (Phi) is 4.39. The second-order valence-electron chi connectivity index (χ2n) is 4.72. The fourth-order valence-corrected chi connectivity index (χ4v) is 3.91. The van der Waals surface area contributed by atoms with Crippen LogP contribution in [0.25, 0.3) is 0 Å². The number of fused-ring (bicyclic) bond motifs is 1. The van der Waals surface area contributed by atoms with Gasteiger partial charge in [0.1, 0.15) is 5.82 Å². The van der Waals surface area contributed by atoms with Crippen molar-refractivity contribution in [2.75, 3.05) is 19.3 Å². The van der Waals surface area contributed by atoms with Crippen LogP contribution in [0.5, 0.6) is 0 Å². The zero-order valence-corrected chi connectivity index (χ0v) is 12.0. The number of hydrogen-bond donors (Lipinski definition) is 2. The molecule has 1 unspecified atom stereocenters. The van der Waals surface area contributed by atoms with E-state index in [1.54, 1.807) is 7.05 Å². The lowest BCUT2D eigenvalue weighted by atomic mass is 10.0. The Labute approximate surface area is 117 Å². The first-order valence-electron chi connectivity index (χ1n) is 6.40. The van der Waals surface area contributed by atoms with Crippen LogP contribution in [-0.2, 0) is 14.6 Å². The van der Waals surface area contributed by atoms with Gasteiger partial charge in [-0.15, -0.1) is 0 Å². The van der Waals surface area contributed by atoms with E-state index >= 15 is 0 Å². The van der Waals surface area contributed by atoms with Crippen molar-refractivity contribution in [1.82, 2.24) is 10.6 Å². The van der Waals surface area contributed by atoms with E-state index in [1.165, 1.54) is 12.1 Å². The molecule has 0 spiro atoms. The first-order chi connectivity index (χ1) is 9.44. The third-order valence-electron chi connectivity index (χ3n) is 3.38. The van der Waals surface area contributed by atoms with E-state index in [0.717, 1.165) is 6.07 Å². The molecule has 0 fully saturated rings. The summed E-state index contributed by atoms with van der Waals surface area (Å²) in [7, 11) is -1.77. The fourth-order valence-electron chi connectivity index (χ4n) is 2.31. The minimum atomic E-state index is -3.32. The molecular formula is C13H17FN2O3S. The molecule has 2 rings (SSSR count). The summed E-state index contributed by atoms with van der Waals surface area (Å²) in [5, 5.41) is 5.63. The van der Waals surface area contributed by atoms with Gasteiger partial charge in [0.15, 0.2) is 9.84 Å². The van der Waals surface area contributed by atoms with Gasteiger partial charge in [-0.05, 0) is 30.2 Å². The third kappa shape index (κ3) is 3.16. The monoisotopic (exact) mass is 300 g/mol. The molecule has 2 N–H and O–H groups in total. The van der Waals surface area contributed by atoms with Crippen molar-refractivity contribution in [3.63, 3.8) is 0 Å². The molecule has 0 saturated heterocycles. The lowest BCUT2D eigenvalue weighted by Gasteiger charge is -2.26. The zero-order chi connectivity index (χ0) is 14.8. The van der Waals surface area contributed by atoms with Crippen molar-refractivity contribution in [2.24, 2.45) is 0 Å². The number of amides is 1. The van der Waals surface area contributed by atoms with Crippen LogP contribution >= 0.6 is 0 Å². The topological polar surface area (TPSA) is 75.3 Å². The summed E-state index contributed by atoms with van der Waals surface area (Å²) in [5.41, 5.74) is 0.452. The summed E-state index contributed by atoms with van der Waals surface area (Å²) >= 11 is 0. The number of benzene rings is 1. The van der Waals surface area contributed by atoms with Gasteiger partial charge in [-0.1, -0.05) is 0 Å². The molecule has 0 aromatic heterocycles. The van der Waals surface area contributed by atoms with Gasteiger partial charge in [0.25, 0.3) is 0 Å². The molecule has 0 bridgehead atoms. The molecule has 1 amide bonds. The van der Waals surface area contributed by atoms with Crippen molar-refractivity contribution in [3.05, 3.63) is 29.6 Å². The van der Waals surface area contributed by atoms with Gasteiger partial charge >= 0.3 is 0 Å². The minimum absolute atomic E-state index is 0.0310. The van der Waals surface area contributed by atoms with Crippen molar-refractivity contribution in [3.8, 4) is 0 Å². The van der Waals surface area contributed by atoms with Crippen LogP contribution in [-0.4, -0.2) is 33.7 Å². The highest BCUT2D eigenvalue weighted by molar-refractivity contribution is 7.91. The standard InChI is InChI=1S/C13H17FN2O3S/c1-15-13(17)4-6-16-11-5-7-20(18,19)12-3-2-9(14)8-10(11)12/h2-3,8,11,16H,4-7H2,1H3,(H,15,17). The Morgan fingerprint density at radius 1 is 1.45 bits per heavy atom. The van der Waals surface area contributed by atoms with Gasteiger partial charge in [0.2, 0.25) is 5.91 Å². The van der Waals surface area contributed by atoms with E-state index in [0.29, 0.717) is 24.9 Å². The lowest BCUT2D eigenvalue weighted by molar-refractivity contribution is -0.120. The minimum Gasteiger partial charge on any atom is -0.359 e. The average Bonchev–Trinajstić information content (AvgIpc) is 2.40. The van der Waals surface area contributed by atoms with Gasteiger partial charge in [-0.3, -0.25) is 4.79 Å². The summed E-state index contributed by atoms with van der Waals surface area (Å²) in [6.45, 7) is 0.417. The molecule has 1 aliphatic heterocycles. The molecule has 1 aromatic rings. The number of nitrogens with one attached hydrogen (secondary N) is 2. The van der Waals surface area contributed by atoms with Gasteiger partial charge in [0, 0.05) is 26.1 Å². The van der Waals surface area contributed by atoms with E-state index in [2.05, 4.69) is 10.6 Å². The predicted octanol–water partition coefficient (Wildman–Crippen LogP) is 0.770. The Morgan fingerprint density at radius 2 is 2.20 bits per heavy atom. The maximum absolute atomic E-state index is 13.3. The summed E-state index contributed by atoms with van der Waals surface area (Å²) in [4.78, 5) is 11.3. The number of sulfone groups is 1. The number of hydrogen-bond acceptors (Lipinski definition) is 4. The van der Waals surface area contributed by atoms with Gasteiger partial charge in [-0.2, -0.15) is 0 Å². The molecule has 1 heterocycles. The number of carbonyl (C=O) groups excluding carboxylic acids is 1. The molecule has 0 aliphatic carbocycles. The predicted molar refractivity (Wildman–Crippen MR) is 72.5 cm³/mol. The largest absolute Gasteiger partial charge is 0.359 e. The molecule has 0 saturated carbocycles. The van der Waals surface area contributed by atoms with E-state index in [9.17, 15) is 17.6 Å². The van der Waals surface area contributed by atoms with Crippen molar-refractivity contribution < 1.29 is 17.6 Å². The van der Waals surface area contributed by atoms with E-state index in [-0.39, 0.29) is 22.6 Å². The third-order valence-corrected chi connectivity index (χ3v) is 5.19. The zero-order valence-electron chi connectivity index (χ0n) is 11.1. The molecule has 7 heteroatoms. The SMILES string of the molecule is CNC(=O)CCNC1CCS(=O)(=O)c2ccc(F)cc21. The number of rotatable bonds is 4. The molecule has 1 aliphatic rings. The Hall–Kier alpha value is -1.47. The van der Waals surface area contributed by atoms with E-state index in [4.69, 9.17) is 0 Å². The van der Waals surface area contributed by atoms with Crippen LogP contribution in [0.2, 0.25) is 0 Å². The van der Waals surface area contributed by atoms with Gasteiger partial charge in [-0.25, -0.2) is 12.8 Å². The highest BCUT2D eigenvalue weighted by Gasteiger charge is 2.30. The molecule has 0 radical (unpaired) electrons. The summed E-state index contributed by atoms with van der Waals surface area (Å²) in [6.07, 6.45) is 0.678. The van der Waals surface area contributed by atoms with Crippen LogP contribution in [0.1, 0.15) is 24.4 Å². The highest BCUT2D eigenvalue weighted by Crippen LogP contribution is 2.32. The Balaban J connectivity index is 2.17. The quantitative estimate of drug-likeness (QED) is 0.805. The fraction of sp³-hybridized carbons (Fsp3) is 0.462. The molecule has 5 nitrogen and oxygen atoms in total. The molecule has 20 heavy (non-hydrogen) atoms. The Bertz CT molecular complexity index is 616. The lowest BCUT2D eigenvalue weighted by Crippen LogP contribution is -2.32. The molecular weight excluding hydrogens is 283 g/mol. The van der Waals surface area contributed by atoms with E-state index in [1.807, 2.05) is 0 Å². The van der Waals surface area contributed by atoms with Crippen LogP contribution < -0.4 is 10.6 Å². The summed E-state index contributed by atoms with van der Waals surface area (Å²) in [5.74, 6) is -0.525. The summed E-state index contributed by atoms with van der Waals surface area (Å²) in [6, 6.07) is 3.48. The smallest absolute Gasteiger partial charge is 0.221 e.